The molecule has 2 aromatic carbocycles. The molecule has 0 radical (unpaired) electrons. The van der Waals surface area contributed by atoms with Crippen molar-refractivity contribution in [2.24, 2.45) is 0 Å². The minimum Gasteiger partial charge on any atom is -0.486 e. The van der Waals surface area contributed by atoms with Crippen molar-refractivity contribution in [3.63, 3.8) is 0 Å². The van der Waals surface area contributed by atoms with Crippen molar-refractivity contribution in [1.29, 1.82) is 0 Å². The van der Waals surface area contributed by atoms with Gasteiger partial charge in [-0.25, -0.2) is 13.6 Å². The van der Waals surface area contributed by atoms with Gasteiger partial charge in [-0.15, -0.1) is 0 Å². The van der Waals surface area contributed by atoms with Crippen LogP contribution >= 0.6 is 0 Å². The van der Waals surface area contributed by atoms with Crippen molar-refractivity contribution in [1.82, 2.24) is 4.90 Å². The number of carbonyl (C=O) groups excluding carboxylic acids is 2. The molecule has 0 atom stereocenters. The Hall–Kier alpha value is -2.96. The van der Waals surface area contributed by atoms with Crippen LogP contribution in [0.3, 0.4) is 0 Å². The van der Waals surface area contributed by atoms with E-state index in [2.05, 4.69) is 5.32 Å². The lowest BCUT2D eigenvalue weighted by Gasteiger charge is -2.43. The van der Waals surface area contributed by atoms with E-state index in [0.29, 0.717) is 37.4 Å². The summed E-state index contributed by atoms with van der Waals surface area (Å²) in [6.07, 6.45) is 1.19. The van der Waals surface area contributed by atoms with Gasteiger partial charge in [-0.3, -0.25) is 4.79 Å². The van der Waals surface area contributed by atoms with Gasteiger partial charge in [0.05, 0.1) is 12.0 Å². The Bertz CT molecular complexity index is 891. The third kappa shape index (κ3) is 3.49. The number of urea groups is 1. The number of fused-ring (bicyclic) bond motifs is 1. The molecule has 0 saturated carbocycles. The van der Waals surface area contributed by atoms with Crippen LogP contribution in [0.2, 0.25) is 0 Å². The van der Waals surface area contributed by atoms with Gasteiger partial charge in [0, 0.05) is 31.6 Å². The summed E-state index contributed by atoms with van der Waals surface area (Å²) in [4.78, 5) is 26.5. The van der Waals surface area contributed by atoms with Crippen LogP contribution in [0.1, 0.15) is 29.6 Å². The Balaban J connectivity index is 1.41. The van der Waals surface area contributed by atoms with Gasteiger partial charge in [-0.2, -0.15) is 0 Å². The number of amides is 2. The molecule has 1 N–H and O–H groups in total. The number of anilines is 1. The van der Waals surface area contributed by atoms with Crippen molar-refractivity contribution in [2.45, 2.75) is 24.9 Å². The van der Waals surface area contributed by atoms with Crippen LogP contribution in [-0.4, -0.2) is 35.4 Å². The fraction of sp³-hybridized carbons (Fsp3) is 0.300. The van der Waals surface area contributed by atoms with Crippen LogP contribution in [0, 0.1) is 11.6 Å². The Morgan fingerprint density at radius 3 is 2.41 bits per heavy atom. The number of hydrogen-bond donors (Lipinski definition) is 1. The van der Waals surface area contributed by atoms with Gasteiger partial charge in [0.2, 0.25) is 0 Å². The Morgan fingerprint density at radius 2 is 1.70 bits per heavy atom. The highest BCUT2D eigenvalue weighted by atomic mass is 19.1. The van der Waals surface area contributed by atoms with Crippen molar-refractivity contribution in [2.75, 3.05) is 18.4 Å². The fourth-order valence-electron chi connectivity index (χ4n) is 3.60. The molecule has 0 aromatic heterocycles. The maximum Gasteiger partial charge on any atom is 0.321 e. The second kappa shape index (κ2) is 6.64. The standard InChI is InChI=1S/C20H18F2N2O3/c21-13-1-4-15(5-2-13)23-19(26)24-9-7-20(8-10-24)12-17(25)16-11-14(22)3-6-18(16)27-20/h1-6,11H,7-10,12H2,(H,23,26). The van der Waals surface area contributed by atoms with Gasteiger partial charge in [0.25, 0.3) is 0 Å². The number of ether oxygens (including phenoxy) is 1. The van der Waals surface area contributed by atoms with E-state index in [1.54, 1.807) is 4.90 Å². The number of ketones is 1. The zero-order chi connectivity index (χ0) is 19.0. The zero-order valence-electron chi connectivity index (χ0n) is 14.5. The van der Waals surface area contributed by atoms with Gasteiger partial charge in [-0.1, -0.05) is 0 Å². The van der Waals surface area contributed by atoms with Crippen LogP contribution in [-0.2, 0) is 0 Å². The second-order valence-corrected chi connectivity index (χ2v) is 6.95. The van der Waals surface area contributed by atoms with Gasteiger partial charge in [-0.05, 0) is 42.5 Å². The molecule has 0 aliphatic carbocycles. The summed E-state index contributed by atoms with van der Waals surface area (Å²) < 4.78 is 32.4. The Labute approximate surface area is 154 Å². The van der Waals surface area contributed by atoms with E-state index in [4.69, 9.17) is 4.74 Å². The van der Waals surface area contributed by atoms with Gasteiger partial charge in [0.15, 0.2) is 5.78 Å². The molecule has 7 heteroatoms. The summed E-state index contributed by atoms with van der Waals surface area (Å²) in [5, 5.41) is 2.73. The number of nitrogens with zero attached hydrogens (tertiary/aromatic N) is 1. The van der Waals surface area contributed by atoms with E-state index >= 15 is 0 Å². The summed E-state index contributed by atoms with van der Waals surface area (Å²) in [7, 11) is 0. The monoisotopic (exact) mass is 372 g/mol. The van der Waals surface area contributed by atoms with E-state index in [-0.39, 0.29) is 29.6 Å². The fourth-order valence-corrected chi connectivity index (χ4v) is 3.60. The lowest BCUT2D eigenvalue weighted by atomic mass is 9.82. The molecule has 0 bridgehead atoms. The molecule has 2 heterocycles. The number of likely N-dealkylation sites (tertiary alicyclic amines) is 1. The number of benzene rings is 2. The number of hydrogen-bond acceptors (Lipinski definition) is 3. The molecule has 140 valence electrons. The number of nitrogens with one attached hydrogen (secondary N) is 1. The molecule has 5 nitrogen and oxygen atoms in total. The molecule has 0 unspecified atom stereocenters. The van der Waals surface area contributed by atoms with Crippen molar-refractivity contribution in [3.05, 3.63) is 59.7 Å². The normalized spacial score (nSPS) is 18.0. The molecule has 4 rings (SSSR count). The molecule has 2 amide bonds. The highest BCUT2D eigenvalue weighted by molar-refractivity contribution is 6.00. The maximum atomic E-state index is 13.4. The Morgan fingerprint density at radius 1 is 1.04 bits per heavy atom. The number of Topliss-reactive ketones (excluding diaryl/α,β-unsaturated/α-hetero) is 1. The number of halogens is 2. The molecule has 1 fully saturated rings. The van der Waals surface area contributed by atoms with E-state index in [0.717, 1.165) is 0 Å². The second-order valence-electron chi connectivity index (χ2n) is 6.95. The number of piperidine rings is 1. The number of carbonyl (C=O) groups is 2. The van der Waals surface area contributed by atoms with E-state index in [1.807, 2.05) is 0 Å². The minimum atomic E-state index is -0.658. The predicted octanol–water partition coefficient (Wildman–Crippen LogP) is 4.00. The first-order valence-electron chi connectivity index (χ1n) is 8.77. The van der Waals surface area contributed by atoms with Crippen molar-refractivity contribution >= 4 is 17.5 Å². The molecule has 2 aliphatic rings. The summed E-state index contributed by atoms with van der Waals surface area (Å²) in [5.74, 6) is -0.571. The van der Waals surface area contributed by atoms with Crippen LogP contribution in [0.5, 0.6) is 5.75 Å². The minimum absolute atomic E-state index is 0.139. The van der Waals surface area contributed by atoms with E-state index < -0.39 is 11.4 Å². The first-order chi connectivity index (χ1) is 12.9. The van der Waals surface area contributed by atoms with Crippen LogP contribution in [0.15, 0.2) is 42.5 Å². The van der Waals surface area contributed by atoms with Crippen molar-refractivity contribution in [3.8, 4) is 5.75 Å². The summed E-state index contributed by atoms with van der Waals surface area (Å²) in [6, 6.07) is 9.24. The predicted molar refractivity (Wildman–Crippen MR) is 94.9 cm³/mol. The average molecular weight is 372 g/mol. The zero-order valence-corrected chi connectivity index (χ0v) is 14.5. The molecular weight excluding hydrogens is 354 g/mol. The summed E-state index contributed by atoms with van der Waals surface area (Å²) in [6.45, 7) is 0.855. The average Bonchev–Trinajstić information content (AvgIpc) is 2.65. The number of rotatable bonds is 1. The topological polar surface area (TPSA) is 58.6 Å². The largest absolute Gasteiger partial charge is 0.486 e. The van der Waals surface area contributed by atoms with Crippen molar-refractivity contribution < 1.29 is 23.1 Å². The van der Waals surface area contributed by atoms with E-state index in [9.17, 15) is 18.4 Å². The SMILES string of the molecule is O=C1CC2(CCN(C(=O)Nc3ccc(F)cc3)CC2)Oc2ccc(F)cc21. The maximum absolute atomic E-state index is 13.4. The molecule has 2 aromatic rings. The lowest BCUT2D eigenvalue weighted by Crippen LogP contribution is -2.53. The summed E-state index contributed by atoms with van der Waals surface area (Å²) >= 11 is 0. The molecule has 1 saturated heterocycles. The quantitative estimate of drug-likeness (QED) is 0.823. The van der Waals surface area contributed by atoms with Gasteiger partial charge in [0.1, 0.15) is 23.0 Å². The molecule has 1 spiro atoms. The van der Waals surface area contributed by atoms with Gasteiger partial charge >= 0.3 is 6.03 Å². The lowest BCUT2D eigenvalue weighted by molar-refractivity contribution is 0.000280. The first kappa shape index (κ1) is 17.5. The Kier molecular flexibility index (Phi) is 4.30. The molecular formula is C20H18F2N2O3. The van der Waals surface area contributed by atoms with Crippen LogP contribution in [0.4, 0.5) is 19.3 Å². The highest BCUT2D eigenvalue weighted by Gasteiger charge is 2.43. The smallest absolute Gasteiger partial charge is 0.321 e. The van der Waals surface area contributed by atoms with E-state index in [1.165, 1.54) is 42.5 Å². The van der Waals surface area contributed by atoms with Gasteiger partial charge < -0.3 is 15.0 Å². The summed E-state index contributed by atoms with van der Waals surface area (Å²) in [5.41, 5.74) is 0.132. The first-order valence-corrected chi connectivity index (χ1v) is 8.77. The molecule has 27 heavy (non-hydrogen) atoms. The third-order valence-corrected chi connectivity index (χ3v) is 5.11. The highest BCUT2D eigenvalue weighted by Crippen LogP contribution is 2.39. The van der Waals surface area contributed by atoms with Crippen LogP contribution < -0.4 is 10.1 Å². The van der Waals surface area contributed by atoms with Crippen LogP contribution in [0.25, 0.3) is 0 Å². The molecule has 2 aliphatic heterocycles. The third-order valence-electron chi connectivity index (χ3n) is 5.11.